The van der Waals surface area contributed by atoms with E-state index in [4.69, 9.17) is 0 Å². The summed E-state index contributed by atoms with van der Waals surface area (Å²) in [6.45, 7) is 48.0. The molecule has 6 aromatic heterocycles. The monoisotopic (exact) mass is 1620 g/mol. The molecule has 0 radical (unpaired) electrons. The van der Waals surface area contributed by atoms with Gasteiger partial charge in [0.1, 0.15) is 0 Å². The number of para-hydroxylation sites is 9. The lowest BCUT2D eigenvalue weighted by Crippen LogP contribution is -2.22. The lowest BCUT2D eigenvalue weighted by Gasteiger charge is -2.26. The molecule has 0 fully saturated rings. The van der Waals surface area contributed by atoms with Gasteiger partial charge in [-0.3, -0.25) is 0 Å². The smallest absolute Gasteiger partial charge is 0.0576 e. The van der Waals surface area contributed by atoms with Crippen molar-refractivity contribution in [2.75, 3.05) is 0 Å². The van der Waals surface area contributed by atoms with Crippen molar-refractivity contribution in [2.45, 2.75) is 184 Å². The summed E-state index contributed by atoms with van der Waals surface area (Å²) in [5.41, 5.74) is 27.7. The van der Waals surface area contributed by atoms with Gasteiger partial charge in [-0.15, -0.1) is 0 Å². The van der Waals surface area contributed by atoms with Crippen LogP contribution in [0.5, 0.6) is 0 Å². The topological polar surface area (TPSA) is 29.6 Å². The Morgan fingerprint density at radius 1 is 0.161 bits per heavy atom. The first kappa shape index (κ1) is 83.4. The second-order valence-electron chi connectivity index (χ2n) is 40.8. The van der Waals surface area contributed by atoms with Crippen LogP contribution in [0.3, 0.4) is 0 Å². The van der Waals surface area contributed by atoms with Gasteiger partial charge >= 0.3 is 0 Å². The van der Waals surface area contributed by atoms with Crippen molar-refractivity contribution in [1.29, 1.82) is 0 Å². The lowest BCUT2D eigenvalue weighted by molar-refractivity contribution is 0.423. The molecule has 0 aliphatic heterocycles. The number of hydrogen-bond acceptors (Lipinski definition) is 0. The first-order valence-corrected chi connectivity index (χ1v) is 44.4. The fraction of sp³-hybridized carbons (Fsp3) is 0.237. The highest BCUT2D eigenvalue weighted by Crippen LogP contribution is 2.47. The maximum atomic E-state index is 2.54. The van der Waals surface area contributed by atoms with Crippen LogP contribution in [0.1, 0.15) is 157 Å². The summed E-state index contributed by atoms with van der Waals surface area (Å²) < 4.78 is 14.8. The molecule has 0 amide bonds. The van der Waals surface area contributed by atoms with Gasteiger partial charge in [0.2, 0.25) is 0 Å². The molecule has 0 atom stereocenters. The Kier molecular flexibility index (Phi) is 21.4. The molecule has 0 saturated carbocycles. The number of rotatable bonds is 4. The van der Waals surface area contributed by atoms with Gasteiger partial charge in [-0.1, -0.05) is 308 Å². The third kappa shape index (κ3) is 15.4. The highest BCUT2D eigenvalue weighted by Gasteiger charge is 2.30. The Balaban J connectivity index is 0.000000111. The third-order valence-corrected chi connectivity index (χ3v) is 24.7. The van der Waals surface area contributed by atoms with E-state index in [0.717, 1.165) is 0 Å². The van der Waals surface area contributed by atoms with Crippen LogP contribution in [0.15, 0.2) is 346 Å². The molecular formula is C118H120N6. The summed E-state index contributed by atoms with van der Waals surface area (Å²) in [4.78, 5) is 0. The molecule has 124 heavy (non-hydrogen) atoms. The molecule has 0 bridgehead atoms. The third-order valence-electron chi connectivity index (χ3n) is 24.7. The van der Waals surface area contributed by atoms with E-state index < -0.39 is 0 Å². The molecule has 6 heteroatoms. The van der Waals surface area contributed by atoms with E-state index in [0.29, 0.717) is 0 Å². The van der Waals surface area contributed by atoms with E-state index in [1.165, 1.54) is 181 Å². The molecule has 0 saturated heterocycles. The molecule has 0 unspecified atom stereocenters. The average Bonchev–Trinajstić information content (AvgIpc) is 1.58. The van der Waals surface area contributed by atoms with Crippen molar-refractivity contribution >= 4 is 131 Å². The van der Waals surface area contributed by atoms with Crippen molar-refractivity contribution in [3.8, 4) is 39.1 Å². The first-order valence-electron chi connectivity index (χ1n) is 44.4. The van der Waals surface area contributed by atoms with E-state index >= 15 is 0 Å². The molecule has 6 nitrogen and oxygen atoms in total. The zero-order valence-corrected chi connectivity index (χ0v) is 76.6. The van der Waals surface area contributed by atoms with Crippen molar-refractivity contribution in [2.24, 2.45) is 0 Å². The fourth-order valence-electron chi connectivity index (χ4n) is 19.4. The first-order chi connectivity index (χ1) is 59.1. The second-order valence-corrected chi connectivity index (χ2v) is 40.8. The zero-order valence-electron chi connectivity index (χ0n) is 76.6. The van der Waals surface area contributed by atoms with E-state index in [1.807, 2.05) is 0 Å². The Bertz CT molecular complexity index is 7270. The molecule has 21 rings (SSSR count). The minimum atomic E-state index is -0.0598. The molecule has 6 heterocycles. The van der Waals surface area contributed by atoms with Crippen molar-refractivity contribution in [3.05, 3.63) is 357 Å². The van der Waals surface area contributed by atoms with Gasteiger partial charge < -0.3 is 27.4 Å². The van der Waals surface area contributed by atoms with Crippen LogP contribution in [-0.4, -0.2) is 27.4 Å². The molecule has 0 N–H and O–H groups in total. The van der Waals surface area contributed by atoms with E-state index in [1.54, 1.807) is 0 Å². The standard InChI is InChI=1S/C28H24N2.C28H25N.C24H33N.C22H21N.C16H17N/c1-28(2,3)30-26-15-9-6-12-22(26)23-18-19(16-17-27(23)30)29-24-13-7-4-10-20(24)21-11-5-8-14-25(21)29;1-28(2,3)29-26-22(20-12-6-4-7-13-20)16-10-18-24(26)25-19-11-17-23(27(25)29)21-14-8-5-9-15-21;1-22(2,3)16-10-12-20-18(14-16)19-15-17(23(4,5)6)11-13-21(19)25(20)24(7,8)9;1-22(2,3)23-20-15-8-7-12-18(20)19-14-9-13-17(21(19)23)16-10-5-4-6-11-16;1-16(2,3)17-14-10-6-4-8-12(14)13-9-5-7-11-15(13)17/h4-18H,1-3H3;4-19H,1-3H3;10-15H,1-9H3;4-15H,1-3H3;4-11H,1-3H3. The van der Waals surface area contributed by atoms with Crippen LogP contribution < -0.4 is 0 Å². The Morgan fingerprint density at radius 2 is 0.387 bits per heavy atom. The van der Waals surface area contributed by atoms with Crippen LogP contribution >= 0.6 is 0 Å². The molecular weight excluding hydrogens is 1500 g/mol. The summed E-state index contributed by atoms with van der Waals surface area (Å²) in [5.74, 6) is 0. The van der Waals surface area contributed by atoms with E-state index in [9.17, 15) is 0 Å². The van der Waals surface area contributed by atoms with Gasteiger partial charge in [-0.05, 0) is 221 Å². The molecule has 21 aromatic rings. The van der Waals surface area contributed by atoms with Crippen molar-refractivity contribution in [3.63, 3.8) is 0 Å². The lowest BCUT2D eigenvalue weighted by atomic mass is 9.85. The molecule has 15 aromatic carbocycles. The highest BCUT2D eigenvalue weighted by molar-refractivity contribution is 6.18. The molecule has 0 aliphatic rings. The van der Waals surface area contributed by atoms with Crippen molar-refractivity contribution < 1.29 is 0 Å². The number of nitrogens with zero attached hydrogens (tertiary/aromatic N) is 6. The van der Waals surface area contributed by atoms with E-state index in [-0.39, 0.29) is 38.5 Å². The van der Waals surface area contributed by atoms with Gasteiger partial charge in [0.25, 0.3) is 0 Å². The summed E-state index contributed by atoms with van der Waals surface area (Å²) in [6, 6.07) is 125. The maximum Gasteiger partial charge on any atom is 0.0576 e. The Labute approximate surface area is 733 Å². The molecule has 0 aliphatic carbocycles. The number of benzene rings is 15. The largest absolute Gasteiger partial charge is 0.335 e. The van der Waals surface area contributed by atoms with Crippen LogP contribution in [0.25, 0.3) is 170 Å². The Morgan fingerprint density at radius 3 is 0.702 bits per heavy atom. The Hall–Kier alpha value is -12.9. The maximum absolute atomic E-state index is 2.54. The quantitative estimate of drug-likeness (QED) is 0.168. The average molecular weight is 1620 g/mol. The highest BCUT2D eigenvalue weighted by atomic mass is 15.1. The van der Waals surface area contributed by atoms with Crippen LogP contribution in [0.4, 0.5) is 0 Å². The fourth-order valence-corrected chi connectivity index (χ4v) is 19.4. The van der Waals surface area contributed by atoms with Gasteiger partial charge in [0.05, 0.1) is 27.6 Å². The second kappa shape index (κ2) is 31.8. The van der Waals surface area contributed by atoms with E-state index in [2.05, 4.69) is 519 Å². The zero-order chi connectivity index (χ0) is 87.3. The van der Waals surface area contributed by atoms with Crippen LogP contribution in [0, 0.1) is 0 Å². The number of fused-ring (bicyclic) bond motifs is 18. The number of aromatic nitrogens is 6. The number of hydrogen-bond donors (Lipinski definition) is 0. The van der Waals surface area contributed by atoms with Gasteiger partial charge in [0.15, 0.2) is 0 Å². The summed E-state index contributed by atoms with van der Waals surface area (Å²) >= 11 is 0. The molecule has 0 spiro atoms. The van der Waals surface area contributed by atoms with Gasteiger partial charge in [0, 0.05) is 153 Å². The van der Waals surface area contributed by atoms with Crippen molar-refractivity contribution in [1.82, 2.24) is 27.4 Å². The minimum absolute atomic E-state index is 0.00964. The van der Waals surface area contributed by atoms with Crippen LogP contribution in [0.2, 0.25) is 0 Å². The normalized spacial score (nSPS) is 12.6. The summed E-state index contributed by atoms with van der Waals surface area (Å²) in [6.07, 6.45) is 0. The molecule has 622 valence electrons. The summed E-state index contributed by atoms with van der Waals surface area (Å²) in [7, 11) is 0. The van der Waals surface area contributed by atoms with Gasteiger partial charge in [-0.25, -0.2) is 0 Å². The predicted molar refractivity (Wildman–Crippen MR) is 540 cm³/mol. The summed E-state index contributed by atoms with van der Waals surface area (Å²) in [5, 5.41) is 15.9. The predicted octanol–water partition coefficient (Wildman–Crippen LogP) is 33.4. The van der Waals surface area contributed by atoms with Crippen LogP contribution in [-0.2, 0) is 38.5 Å². The SMILES string of the molecule is CC(C)(C)c1ccc2c(c1)c1cc(C(C)(C)C)ccc1n2C(C)(C)C.CC(C)(C)n1c2c(-c3ccccc3)cccc2c2cccc(-c3ccccc3)c21.CC(C)(C)n1c2ccccc2c2cc(-n3c4ccccc4c4ccccc43)ccc21.CC(C)(C)n1c2ccccc2c2cccc(-c3ccccc3)c21.CC(C)(C)n1c2ccccc2c2ccccc21. The minimum Gasteiger partial charge on any atom is -0.335 e. The van der Waals surface area contributed by atoms with Gasteiger partial charge in [-0.2, -0.15) is 0 Å².